The van der Waals surface area contributed by atoms with Gasteiger partial charge in [-0.25, -0.2) is 0 Å². The van der Waals surface area contributed by atoms with E-state index in [1.54, 1.807) is 24.3 Å². The number of hydrogen-bond acceptors (Lipinski definition) is 3. The van der Waals surface area contributed by atoms with E-state index in [1.165, 1.54) is 0 Å². The lowest BCUT2D eigenvalue weighted by atomic mass is 9.82. The van der Waals surface area contributed by atoms with Crippen LogP contribution in [0, 0.1) is 11.8 Å². The first-order valence-electron chi connectivity index (χ1n) is 6.30. The van der Waals surface area contributed by atoms with Crippen molar-refractivity contribution in [3.63, 3.8) is 0 Å². The van der Waals surface area contributed by atoms with Gasteiger partial charge < -0.3 is 15.2 Å². The van der Waals surface area contributed by atoms with Gasteiger partial charge in [0.2, 0.25) is 5.91 Å². The molecule has 21 heavy (non-hydrogen) atoms. The molecule has 2 heterocycles. The first-order chi connectivity index (χ1) is 9.97. The van der Waals surface area contributed by atoms with Crippen LogP contribution in [0.1, 0.15) is 0 Å². The Bertz CT molecular complexity index is 646. The molecule has 3 rings (SSSR count). The van der Waals surface area contributed by atoms with E-state index in [0.29, 0.717) is 5.69 Å². The van der Waals surface area contributed by atoms with E-state index >= 15 is 0 Å². The Kier molecular flexibility index (Phi) is 3.90. The molecule has 110 valence electrons. The van der Waals surface area contributed by atoms with E-state index < -0.39 is 30.0 Å². The van der Waals surface area contributed by atoms with Crippen molar-refractivity contribution in [2.75, 3.05) is 5.32 Å². The van der Waals surface area contributed by atoms with Crippen molar-refractivity contribution in [3.8, 4) is 0 Å². The zero-order chi connectivity index (χ0) is 15.1. The first-order valence-corrected chi connectivity index (χ1v) is 7.88. The molecule has 1 fully saturated rings. The molecule has 4 atom stereocenters. The van der Waals surface area contributed by atoms with Gasteiger partial charge in [-0.3, -0.25) is 9.59 Å². The maximum absolute atomic E-state index is 12.4. The van der Waals surface area contributed by atoms with Gasteiger partial charge in [-0.05, 0) is 34.1 Å². The molecule has 7 heteroatoms. The summed E-state index contributed by atoms with van der Waals surface area (Å²) in [6, 6.07) is 5.35. The van der Waals surface area contributed by atoms with Gasteiger partial charge >= 0.3 is 5.97 Å². The molecule has 0 saturated carbocycles. The Morgan fingerprint density at radius 3 is 2.43 bits per heavy atom. The minimum absolute atomic E-state index is 0.345. The number of fused-ring (bicyclic) bond motifs is 2. The Morgan fingerprint density at radius 2 is 1.81 bits per heavy atom. The van der Waals surface area contributed by atoms with Gasteiger partial charge in [0.05, 0.1) is 23.8 Å². The molecule has 1 aromatic carbocycles. The number of carboxylic acid groups (broad SMARTS) is 1. The number of amides is 1. The summed E-state index contributed by atoms with van der Waals surface area (Å²) in [5.74, 6) is -2.91. The maximum atomic E-state index is 12.4. The van der Waals surface area contributed by atoms with Gasteiger partial charge in [-0.1, -0.05) is 28.1 Å². The number of hydrogen-bond donors (Lipinski definition) is 2. The van der Waals surface area contributed by atoms with Crippen LogP contribution in [-0.4, -0.2) is 29.2 Å². The molecule has 2 N–H and O–H groups in total. The van der Waals surface area contributed by atoms with Crippen LogP contribution in [0.15, 0.2) is 39.3 Å². The summed E-state index contributed by atoms with van der Waals surface area (Å²) in [6.07, 6.45) is 2.48. The molecule has 0 unspecified atom stereocenters. The SMILES string of the molecule is O=C(O)[C@@H]1[C@H](C(=O)Nc2ccc(Br)cc2Br)[C@H]2C=C[C@@H]1O2. The number of rotatable bonds is 3. The van der Waals surface area contributed by atoms with Crippen molar-refractivity contribution in [1.82, 2.24) is 0 Å². The summed E-state index contributed by atoms with van der Waals surface area (Å²) in [5, 5.41) is 12.1. The maximum Gasteiger partial charge on any atom is 0.310 e. The first kappa shape index (κ1) is 14.7. The normalized spacial score (nSPS) is 29.6. The van der Waals surface area contributed by atoms with Crippen LogP contribution in [-0.2, 0) is 14.3 Å². The number of ether oxygens (including phenoxy) is 1. The fraction of sp³-hybridized carbons (Fsp3) is 0.286. The minimum Gasteiger partial charge on any atom is -0.481 e. The van der Waals surface area contributed by atoms with Crippen LogP contribution < -0.4 is 5.32 Å². The van der Waals surface area contributed by atoms with Crippen LogP contribution in [0.5, 0.6) is 0 Å². The average Bonchev–Trinajstić information content (AvgIpc) is 3.02. The summed E-state index contributed by atoms with van der Waals surface area (Å²) in [5.41, 5.74) is 0.596. The van der Waals surface area contributed by atoms with Crippen LogP contribution in [0.2, 0.25) is 0 Å². The quantitative estimate of drug-likeness (QED) is 0.743. The second-order valence-electron chi connectivity index (χ2n) is 4.95. The zero-order valence-corrected chi connectivity index (χ0v) is 13.8. The third-order valence-corrected chi connectivity index (χ3v) is 4.83. The summed E-state index contributed by atoms with van der Waals surface area (Å²) < 4.78 is 7.09. The standard InChI is InChI=1S/C14H11Br2NO4/c15-6-1-2-8(7(16)5-6)17-13(18)11-9-3-4-10(21-9)12(11)14(19)20/h1-5,9-12H,(H,17,18)(H,19,20)/t9-,10+,11-,12+/m1/s1. The Labute approximate surface area is 137 Å². The van der Waals surface area contributed by atoms with Crippen molar-refractivity contribution in [1.29, 1.82) is 0 Å². The molecule has 0 radical (unpaired) electrons. The van der Waals surface area contributed by atoms with Crippen molar-refractivity contribution < 1.29 is 19.4 Å². The number of carbonyl (C=O) groups is 2. The number of aliphatic carboxylic acids is 1. The molecule has 2 aliphatic rings. The molecule has 0 spiro atoms. The average molecular weight is 417 g/mol. The second kappa shape index (κ2) is 5.55. The van der Waals surface area contributed by atoms with Crippen molar-refractivity contribution in [3.05, 3.63) is 39.3 Å². The fourth-order valence-corrected chi connectivity index (χ4v) is 3.87. The highest BCUT2D eigenvalue weighted by atomic mass is 79.9. The predicted octanol–water partition coefficient (Wildman–Crippen LogP) is 2.80. The molecule has 2 bridgehead atoms. The van der Waals surface area contributed by atoms with Crippen molar-refractivity contribution in [2.24, 2.45) is 11.8 Å². The lowest BCUT2D eigenvalue weighted by molar-refractivity contribution is -0.145. The Morgan fingerprint density at radius 1 is 1.14 bits per heavy atom. The molecule has 0 aliphatic carbocycles. The third kappa shape index (κ3) is 2.65. The van der Waals surface area contributed by atoms with Gasteiger partial charge in [0.1, 0.15) is 5.92 Å². The summed E-state index contributed by atoms with van der Waals surface area (Å²) in [4.78, 5) is 23.8. The Balaban J connectivity index is 1.82. The highest BCUT2D eigenvalue weighted by molar-refractivity contribution is 9.11. The van der Waals surface area contributed by atoms with Gasteiger partial charge in [0.15, 0.2) is 0 Å². The fourth-order valence-electron chi connectivity index (χ4n) is 2.72. The molecule has 5 nitrogen and oxygen atoms in total. The van der Waals surface area contributed by atoms with Crippen LogP contribution in [0.4, 0.5) is 5.69 Å². The lowest BCUT2D eigenvalue weighted by Crippen LogP contribution is -2.39. The smallest absolute Gasteiger partial charge is 0.310 e. The number of carboxylic acids is 1. The molecular formula is C14H11Br2NO4. The largest absolute Gasteiger partial charge is 0.481 e. The summed E-state index contributed by atoms with van der Waals surface area (Å²) in [6.45, 7) is 0. The van der Waals surface area contributed by atoms with Crippen LogP contribution in [0.3, 0.4) is 0 Å². The van der Waals surface area contributed by atoms with Gasteiger partial charge in [-0.15, -0.1) is 0 Å². The van der Waals surface area contributed by atoms with Gasteiger partial charge in [0.25, 0.3) is 0 Å². The molecule has 0 aromatic heterocycles. The summed E-state index contributed by atoms with van der Waals surface area (Å²) >= 11 is 6.70. The van der Waals surface area contributed by atoms with E-state index in [9.17, 15) is 14.7 Å². The van der Waals surface area contributed by atoms with Crippen molar-refractivity contribution >= 4 is 49.4 Å². The number of benzene rings is 1. The van der Waals surface area contributed by atoms with E-state index in [-0.39, 0.29) is 5.91 Å². The topological polar surface area (TPSA) is 75.6 Å². The molecule has 1 aromatic rings. The van der Waals surface area contributed by atoms with Crippen LogP contribution >= 0.6 is 31.9 Å². The lowest BCUT2D eigenvalue weighted by Gasteiger charge is -2.21. The minimum atomic E-state index is -1.01. The van der Waals surface area contributed by atoms with Gasteiger partial charge in [0, 0.05) is 8.95 Å². The highest BCUT2D eigenvalue weighted by Gasteiger charge is 2.53. The van der Waals surface area contributed by atoms with E-state index in [1.807, 2.05) is 6.07 Å². The number of halogens is 2. The monoisotopic (exact) mass is 415 g/mol. The number of anilines is 1. The molecule has 1 amide bonds. The third-order valence-electron chi connectivity index (χ3n) is 3.68. The summed E-state index contributed by atoms with van der Waals surface area (Å²) in [7, 11) is 0. The molecule has 1 saturated heterocycles. The Hall–Kier alpha value is -1.18. The number of carbonyl (C=O) groups excluding carboxylic acids is 1. The highest BCUT2D eigenvalue weighted by Crippen LogP contribution is 2.40. The predicted molar refractivity (Wildman–Crippen MR) is 82.9 cm³/mol. The van der Waals surface area contributed by atoms with Gasteiger partial charge in [-0.2, -0.15) is 0 Å². The molecular weight excluding hydrogens is 406 g/mol. The van der Waals surface area contributed by atoms with E-state index in [0.717, 1.165) is 8.95 Å². The second-order valence-corrected chi connectivity index (χ2v) is 6.72. The van der Waals surface area contributed by atoms with E-state index in [2.05, 4.69) is 37.2 Å². The number of nitrogens with one attached hydrogen (secondary N) is 1. The molecule has 2 aliphatic heterocycles. The zero-order valence-electron chi connectivity index (χ0n) is 10.6. The van der Waals surface area contributed by atoms with Crippen LogP contribution in [0.25, 0.3) is 0 Å². The van der Waals surface area contributed by atoms with Crippen molar-refractivity contribution in [2.45, 2.75) is 12.2 Å². The van der Waals surface area contributed by atoms with E-state index in [4.69, 9.17) is 4.74 Å².